The molecule has 0 bridgehead atoms. The summed E-state index contributed by atoms with van der Waals surface area (Å²) < 4.78 is 10.4. The van der Waals surface area contributed by atoms with Gasteiger partial charge in [0.25, 0.3) is 0 Å². The van der Waals surface area contributed by atoms with Gasteiger partial charge >= 0.3 is 0 Å². The number of hydrogen-bond donors (Lipinski definition) is 1. The van der Waals surface area contributed by atoms with Crippen LogP contribution in [0.25, 0.3) is 0 Å². The number of rotatable bonds is 4. The van der Waals surface area contributed by atoms with Gasteiger partial charge in [-0.15, -0.1) is 0 Å². The molecule has 1 heterocycles. The first-order valence-corrected chi connectivity index (χ1v) is 6.10. The fraction of sp³-hybridized carbons (Fsp3) is 0.143. The Morgan fingerprint density at radius 3 is 2.60 bits per heavy atom. The summed E-state index contributed by atoms with van der Waals surface area (Å²) in [5.41, 5.74) is 1.17. The molecule has 0 saturated heterocycles. The third kappa shape index (κ3) is 2.92. The smallest absolute Gasteiger partial charge is 0.144 e. The molecular weight excluding hydrogens is 278 g/mol. The van der Waals surface area contributed by atoms with E-state index in [1.54, 1.807) is 37.6 Å². The number of benzene rings is 1. The molecule has 1 N–H and O–H groups in total. The Hall–Kier alpha value is -2.45. The van der Waals surface area contributed by atoms with Crippen molar-refractivity contribution >= 4 is 23.1 Å². The van der Waals surface area contributed by atoms with Crippen molar-refractivity contribution in [1.29, 1.82) is 5.26 Å². The molecule has 0 unspecified atom stereocenters. The molecule has 0 fully saturated rings. The summed E-state index contributed by atoms with van der Waals surface area (Å²) in [5.74, 6) is 1.61. The Labute approximate surface area is 121 Å². The molecular formula is C14H12ClN3O2. The summed E-state index contributed by atoms with van der Waals surface area (Å²) in [6.07, 6.45) is 1.56. The van der Waals surface area contributed by atoms with Crippen molar-refractivity contribution in [1.82, 2.24) is 4.98 Å². The van der Waals surface area contributed by atoms with E-state index in [2.05, 4.69) is 16.4 Å². The van der Waals surface area contributed by atoms with Crippen LogP contribution in [0.1, 0.15) is 5.56 Å². The van der Waals surface area contributed by atoms with Crippen LogP contribution in [0.15, 0.2) is 30.5 Å². The molecule has 0 atom stereocenters. The van der Waals surface area contributed by atoms with Crippen molar-refractivity contribution in [3.8, 4) is 17.6 Å². The van der Waals surface area contributed by atoms with Crippen LogP contribution < -0.4 is 14.8 Å². The lowest BCUT2D eigenvalue weighted by atomic mass is 10.2. The number of halogens is 1. The number of aromatic nitrogens is 1. The van der Waals surface area contributed by atoms with E-state index in [0.717, 1.165) is 0 Å². The Kier molecular flexibility index (Phi) is 4.28. The van der Waals surface area contributed by atoms with Crippen LogP contribution in [0.3, 0.4) is 0 Å². The Morgan fingerprint density at radius 1 is 1.20 bits per heavy atom. The van der Waals surface area contributed by atoms with Gasteiger partial charge in [-0.2, -0.15) is 5.26 Å². The van der Waals surface area contributed by atoms with Gasteiger partial charge in [0.05, 0.1) is 36.6 Å². The average molecular weight is 290 g/mol. The van der Waals surface area contributed by atoms with Crippen molar-refractivity contribution in [3.05, 3.63) is 41.0 Å². The highest BCUT2D eigenvalue weighted by molar-refractivity contribution is 6.32. The van der Waals surface area contributed by atoms with Gasteiger partial charge in [-0.25, -0.2) is 4.98 Å². The summed E-state index contributed by atoms with van der Waals surface area (Å²) in [7, 11) is 3.08. The fourth-order valence-electron chi connectivity index (χ4n) is 1.66. The summed E-state index contributed by atoms with van der Waals surface area (Å²) >= 11 is 6.04. The predicted molar refractivity (Wildman–Crippen MR) is 76.8 cm³/mol. The zero-order valence-corrected chi connectivity index (χ0v) is 11.7. The second-order valence-corrected chi connectivity index (χ2v) is 4.26. The quantitative estimate of drug-likeness (QED) is 0.934. The third-order valence-corrected chi connectivity index (χ3v) is 2.92. The number of pyridine rings is 1. The van der Waals surface area contributed by atoms with Gasteiger partial charge < -0.3 is 14.8 Å². The first kappa shape index (κ1) is 14.0. The predicted octanol–water partition coefficient (Wildman–Crippen LogP) is 3.37. The summed E-state index contributed by atoms with van der Waals surface area (Å²) in [6, 6.07) is 8.69. The summed E-state index contributed by atoms with van der Waals surface area (Å²) in [5, 5.41) is 12.4. The van der Waals surface area contributed by atoms with Crippen molar-refractivity contribution in [3.63, 3.8) is 0 Å². The topological polar surface area (TPSA) is 67.2 Å². The molecule has 102 valence electrons. The lowest BCUT2D eigenvalue weighted by Gasteiger charge is -2.13. The van der Waals surface area contributed by atoms with Gasteiger partial charge in [0.2, 0.25) is 0 Å². The van der Waals surface area contributed by atoms with Gasteiger partial charge in [0.1, 0.15) is 17.3 Å². The van der Waals surface area contributed by atoms with Gasteiger partial charge in [0.15, 0.2) is 0 Å². The van der Waals surface area contributed by atoms with Crippen LogP contribution in [0, 0.1) is 11.3 Å². The molecule has 1 aromatic heterocycles. The van der Waals surface area contributed by atoms with Gasteiger partial charge in [0, 0.05) is 18.3 Å². The molecule has 0 saturated carbocycles. The minimum atomic E-state index is 0.452. The molecule has 2 rings (SSSR count). The second kappa shape index (κ2) is 6.13. The van der Waals surface area contributed by atoms with Gasteiger partial charge in [-0.3, -0.25) is 0 Å². The molecule has 0 radical (unpaired) electrons. The molecule has 0 spiro atoms. The maximum absolute atomic E-state index is 8.88. The largest absolute Gasteiger partial charge is 0.495 e. The zero-order valence-electron chi connectivity index (χ0n) is 11.0. The second-order valence-electron chi connectivity index (χ2n) is 3.85. The fourth-order valence-corrected chi connectivity index (χ4v) is 1.90. The molecule has 1 aromatic carbocycles. The van der Waals surface area contributed by atoms with Crippen LogP contribution in [0.4, 0.5) is 11.5 Å². The number of nitriles is 1. The molecule has 20 heavy (non-hydrogen) atoms. The Balaban J connectivity index is 2.39. The SMILES string of the molecule is COc1cc(Nc2cc(C#N)ccn2)c(OC)cc1Cl. The van der Waals surface area contributed by atoms with E-state index in [1.165, 1.54) is 7.11 Å². The van der Waals surface area contributed by atoms with Crippen molar-refractivity contribution < 1.29 is 9.47 Å². The highest BCUT2D eigenvalue weighted by Gasteiger charge is 2.10. The van der Waals surface area contributed by atoms with E-state index in [-0.39, 0.29) is 0 Å². The summed E-state index contributed by atoms with van der Waals surface area (Å²) in [4.78, 5) is 4.14. The van der Waals surface area contributed by atoms with Crippen LogP contribution in [0.5, 0.6) is 11.5 Å². The van der Waals surface area contributed by atoms with Crippen molar-refractivity contribution in [2.24, 2.45) is 0 Å². The van der Waals surface area contributed by atoms with Crippen LogP contribution in [-0.2, 0) is 0 Å². The first-order chi connectivity index (χ1) is 9.67. The zero-order chi connectivity index (χ0) is 14.5. The molecule has 5 nitrogen and oxygen atoms in total. The van der Waals surface area contributed by atoms with E-state index in [1.807, 2.05) is 0 Å². The lowest BCUT2D eigenvalue weighted by Crippen LogP contribution is -1.98. The molecule has 0 aliphatic carbocycles. The standard InChI is InChI=1S/C14H12ClN3O2/c1-19-12-7-11(13(20-2)6-10(12)15)18-14-5-9(8-16)3-4-17-14/h3-7H,1-2H3,(H,17,18). The van der Waals surface area contributed by atoms with E-state index in [9.17, 15) is 0 Å². The summed E-state index contributed by atoms with van der Waals surface area (Å²) in [6.45, 7) is 0. The molecule has 0 amide bonds. The van der Waals surface area contributed by atoms with Crippen LogP contribution in [0.2, 0.25) is 5.02 Å². The highest BCUT2D eigenvalue weighted by atomic mass is 35.5. The average Bonchev–Trinajstić information content (AvgIpc) is 2.48. The molecule has 0 aliphatic rings. The van der Waals surface area contributed by atoms with E-state index in [0.29, 0.717) is 33.6 Å². The van der Waals surface area contributed by atoms with E-state index >= 15 is 0 Å². The number of nitrogens with one attached hydrogen (secondary N) is 1. The maximum atomic E-state index is 8.88. The normalized spacial score (nSPS) is 9.70. The number of nitrogens with zero attached hydrogens (tertiary/aromatic N) is 2. The molecule has 6 heteroatoms. The van der Waals surface area contributed by atoms with Crippen molar-refractivity contribution in [2.45, 2.75) is 0 Å². The van der Waals surface area contributed by atoms with E-state index < -0.39 is 0 Å². The van der Waals surface area contributed by atoms with Gasteiger partial charge in [-0.05, 0) is 12.1 Å². The number of methoxy groups -OCH3 is 2. The van der Waals surface area contributed by atoms with E-state index in [4.69, 9.17) is 26.3 Å². The molecule has 2 aromatic rings. The minimum Gasteiger partial charge on any atom is -0.495 e. The molecule has 0 aliphatic heterocycles. The Morgan fingerprint density at radius 2 is 1.95 bits per heavy atom. The van der Waals surface area contributed by atoms with Crippen molar-refractivity contribution in [2.75, 3.05) is 19.5 Å². The first-order valence-electron chi connectivity index (χ1n) is 5.72. The van der Waals surface area contributed by atoms with Crippen LogP contribution >= 0.6 is 11.6 Å². The number of anilines is 2. The number of ether oxygens (including phenoxy) is 2. The van der Waals surface area contributed by atoms with Crippen LogP contribution in [-0.4, -0.2) is 19.2 Å². The lowest BCUT2D eigenvalue weighted by molar-refractivity contribution is 0.405. The van der Waals surface area contributed by atoms with Gasteiger partial charge in [-0.1, -0.05) is 11.6 Å². The monoisotopic (exact) mass is 289 g/mol. The number of hydrogen-bond acceptors (Lipinski definition) is 5. The Bertz CT molecular complexity index is 668. The maximum Gasteiger partial charge on any atom is 0.144 e. The minimum absolute atomic E-state index is 0.452. The third-order valence-electron chi connectivity index (χ3n) is 2.63. The highest BCUT2D eigenvalue weighted by Crippen LogP contribution is 2.37.